The number of nitrogens with one attached hydrogen (secondary N) is 1. The largest absolute Gasteiger partial charge is 0.301 e. The molecule has 0 radical (unpaired) electrons. The Bertz CT molecular complexity index is 346. The van der Waals surface area contributed by atoms with Crippen molar-refractivity contribution in [3.63, 3.8) is 0 Å². The van der Waals surface area contributed by atoms with Crippen molar-refractivity contribution < 1.29 is 0 Å². The number of hydrogen-bond donors (Lipinski definition) is 1. The molecule has 1 heterocycles. The highest BCUT2D eigenvalue weighted by Gasteiger charge is 2.13. The van der Waals surface area contributed by atoms with Crippen LogP contribution in [0.5, 0.6) is 0 Å². The molecule has 1 aliphatic carbocycles. The van der Waals surface area contributed by atoms with Gasteiger partial charge in [0, 0.05) is 16.3 Å². The average molecular weight is 205 g/mol. The third-order valence-corrected chi connectivity index (χ3v) is 3.72. The van der Waals surface area contributed by atoms with Gasteiger partial charge in [0.15, 0.2) is 0 Å². The Morgan fingerprint density at radius 2 is 2.43 bits per heavy atom. The molecule has 2 rings (SSSR count). The van der Waals surface area contributed by atoms with E-state index in [2.05, 4.69) is 23.2 Å². The van der Waals surface area contributed by atoms with Crippen LogP contribution in [0.25, 0.3) is 0 Å². The Morgan fingerprint density at radius 3 is 3.21 bits per heavy atom. The second-order valence-electron chi connectivity index (χ2n) is 3.55. The van der Waals surface area contributed by atoms with Crippen molar-refractivity contribution in [2.45, 2.75) is 32.7 Å². The third-order valence-electron chi connectivity index (χ3n) is 2.49. The van der Waals surface area contributed by atoms with Gasteiger partial charge in [-0.25, -0.2) is 0 Å². The fourth-order valence-electron chi connectivity index (χ4n) is 1.81. The van der Waals surface area contributed by atoms with E-state index >= 15 is 0 Å². The zero-order valence-electron chi connectivity index (χ0n) is 8.52. The highest BCUT2D eigenvalue weighted by molar-refractivity contribution is 7.12. The van der Waals surface area contributed by atoms with Crippen LogP contribution >= 0.6 is 11.3 Å². The summed E-state index contributed by atoms with van der Waals surface area (Å²) in [6, 6.07) is 2.36. The molecule has 0 spiro atoms. The molecule has 1 nitrogen and oxygen atoms in total. The Hall–Kier alpha value is -0.780. The second kappa shape index (κ2) is 4.63. The predicted molar refractivity (Wildman–Crippen MR) is 61.5 cm³/mol. The smallest absolute Gasteiger partial charge is 0.0579 e. The summed E-state index contributed by atoms with van der Waals surface area (Å²) in [5.41, 5.74) is 1.59. The maximum Gasteiger partial charge on any atom is 0.0579 e. The number of fused-ring (bicyclic) bond motifs is 1. The Morgan fingerprint density at radius 1 is 1.50 bits per heavy atom. The molecule has 0 aromatic carbocycles. The maximum absolute atomic E-state index is 3.33. The van der Waals surface area contributed by atoms with Crippen LogP contribution in [0, 0.1) is 11.8 Å². The van der Waals surface area contributed by atoms with Crippen LogP contribution in [0.15, 0.2) is 6.07 Å². The van der Waals surface area contributed by atoms with E-state index in [0.717, 1.165) is 13.1 Å². The molecule has 0 bridgehead atoms. The van der Waals surface area contributed by atoms with Gasteiger partial charge in [0.2, 0.25) is 0 Å². The minimum absolute atomic E-state index is 0.805. The van der Waals surface area contributed by atoms with Gasteiger partial charge in [-0.1, -0.05) is 5.92 Å². The van der Waals surface area contributed by atoms with E-state index in [9.17, 15) is 0 Å². The van der Waals surface area contributed by atoms with Gasteiger partial charge in [-0.3, -0.25) is 0 Å². The van der Waals surface area contributed by atoms with E-state index < -0.39 is 0 Å². The van der Waals surface area contributed by atoms with Crippen molar-refractivity contribution in [3.8, 4) is 11.8 Å². The van der Waals surface area contributed by atoms with Gasteiger partial charge >= 0.3 is 0 Å². The van der Waals surface area contributed by atoms with Crippen LogP contribution in [0.1, 0.15) is 28.7 Å². The Balaban J connectivity index is 1.87. The summed E-state index contributed by atoms with van der Waals surface area (Å²) in [5, 5.41) is 3.33. The Kier molecular flexibility index (Phi) is 3.23. The van der Waals surface area contributed by atoms with Gasteiger partial charge in [0.25, 0.3) is 0 Å². The monoisotopic (exact) mass is 205 g/mol. The summed E-state index contributed by atoms with van der Waals surface area (Å²) in [5.74, 6) is 5.90. The molecule has 74 valence electrons. The van der Waals surface area contributed by atoms with E-state index in [1.165, 1.54) is 24.1 Å². The average Bonchev–Trinajstić information content (AvgIpc) is 2.72. The van der Waals surface area contributed by atoms with Crippen LogP contribution in [0.2, 0.25) is 0 Å². The zero-order valence-corrected chi connectivity index (χ0v) is 9.34. The van der Waals surface area contributed by atoms with Crippen LogP contribution in [-0.4, -0.2) is 6.54 Å². The molecule has 0 saturated carbocycles. The molecule has 1 N–H and O–H groups in total. The minimum Gasteiger partial charge on any atom is -0.301 e. The topological polar surface area (TPSA) is 12.0 Å². The molecule has 0 atom stereocenters. The van der Waals surface area contributed by atoms with E-state index in [0.29, 0.717) is 0 Å². The van der Waals surface area contributed by atoms with Crippen LogP contribution in [0.4, 0.5) is 0 Å². The molecule has 1 aromatic rings. The van der Waals surface area contributed by atoms with Gasteiger partial charge in [-0.05, 0) is 37.8 Å². The van der Waals surface area contributed by atoms with Gasteiger partial charge in [-0.2, -0.15) is 0 Å². The molecule has 0 amide bonds. The molecule has 0 fully saturated rings. The molecule has 0 saturated heterocycles. The Labute approximate surface area is 89.5 Å². The molecule has 0 aliphatic heterocycles. The lowest BCUT2D eigenvalue weighted by atomic mass is 10.2. The number of hydrogen-bond acceptors (Lipinski definition) is 2. The number of thiophene rings is 1. The third kappa shape index (κ3) is 2.17. The maximum atomic E-state index is 3.33. The van der Waals surface area contributed by atoms with Gasteiger partial charge in [0.1, 0.15) is 0 Å². The van der Waals surface area contributed by atoms with Crippen LogP contribution in [0.3, 0.4) is 0 Å². The first-order valence-corrected chi connectivity index (χ1v) is 5.92. The molecule has 14 heavy (non-hydrogen) atoms. The van der Waals surface area contributed by atoms with E-state index in [1.54, 1.807) is 10.4 Å². The van der Waals surface area contributed by atoms with Gasteiger partial charge in [0.05, 0.1) is 6.54 Å². The van der Waals surface area contributed by atoms with Crippen LogP contribution in [-0.2, 0) is 19.4 Å². The fraction of sp³-hybridized carbons (Fsp3) is 0.500. The second-order valence-corrected chi connectivity index (χ2v) is 4.77. The van der Waals surface area contributed by atoms with Crippen molar-refractivity contribution in [3.05, 3.63) is 21.4 Å². The first kappa shape index (κ1) is 9.76. The predicted octanol–water partition coefficient (Wildman–Crippen LogP) is 2.35. The summed E-state index contributed by atoms with van der Waals surface area (Å²) in [6.45, 7) is 3.66. The molecule has 1 aliphatic rings. The highest BCUT2D eigenvalue weighted by Crippen LogP contribution is 2.30. The lowest BCUT2D eigenvalue weighted by molar-refractivity contribution is 0.779. The first-order chi connectivity index (χ1) is 6.90. The first-order valence-electron chi connectivity index (χ1n) is 5.11. The highest BCUT2D eigenvalue weighted by atomic mass is 32.1. The van der Waals surface area contributed by atoms with E-state index in [-0.39, 0.29) is 0 Å². The van der Waals surface area contributed by atoms with Crippen molar-refractivity contribution in [1.82, 2.24) is 5.32 Å². The molecular weight excluding hydrogens is 190 g/mol. The SMILES string of the molecule is CC#CCNCc1cc2c(s1)CCC2. The summed E-state index contributed by atoms with van der Waals surface area (Å²) < 4.78 is 0. The fourth-order valence-corrected chi connectivity index (χ4v) is 3.04. The van der Waals surface area contributed by atoms with Crippen molar-refractivity contribution in [2.75, 3.05) is 6.54 Å². The van der Waals surface area contributed by atoms with Gasteiger partial charge in [-0.15, -0.1) is 17.3 Å². The molecular formula is C12H15NS. The summed E-state index contributed by atoms with van der Waals surface area (Å²) in [6.07, 6.45) is 3.95. The van der Waals surface area contributed by atoms with Gasteiger partial charge < -0.3 is 5.32 Å². The molecule has 2 heteroatoms. The summed E-state index contributed by atoms with van der Waals surface area (Å²) in [7, 11) is 0. The van der Waals surface area contributed by atoms with E-state index in [4.69, 9.17) is 0 Å². The molecule has 1 aromatic heterocycles. The number of aryl methyl sites for hydroxylation is 2. The quantitative estimate of drug-likeness (QED) is 0.590. The lowest BCUT2D eigenvalue weighted by Gasteiger charge is -1.96. The lowest BCUT2D eigenvalue weighted by Crippen LogP contribution is -2.12. The standard InChI is InChI=1S/C12H15NS/c1-2-3-7-13-9-11-8-10-5-4-6-12(10)14-11/h8,13H,4-7,9H2,1H3. The number of rotatable bonds is 3. The van der Waals surface area contributed by atoms with Crippen molar-refractivity contribution >= 4 is 11.3 Å². The summed E-state index contributed by atoms with van der Waals surface area (Å²) >= 11 is 1.97. The van der Waals surface area contributed by atoms with Crippen molar-refractivity contribution in [1.29, 1.82) is 0 Å². The summed E-state index contributed by atoms with van der Waals surface area (Å²) in [4.78, 5) is 3.08. The van der Waals surface area contributed by atoms with Crippen molar-refractivity contribution in [2.24, 2.45) is 0 Å². The zero-order chi connectivity index (χ0) is 9.80. The minimum atomic E-state index is 0.805. The van der Waals surface area contributed by atoms with E-state index in [1.807, 2.05) is 18.3 Å². The normalized spacial score (nSPS) is 13.5. The molecule has 0 unspecified atom stereocenters. The van der Waals surface area contributed by atoms with Crippen LogP contribution < -0.4 is 5.32 Å².